The van der Waals surface area contributed by atoms with E-state index in [-0.39, 0.29) is 31.1 Å². The van der Waals surface area contributed by atoms with Gasteiger partial charge in [-0.25, -0.2) is 33.2 Å². The number of hydrogen-bond donors (Lipinski definition) is 0. The average molecular weight is 936 g/mol. The van der Waals surface area contributed by atoms with E-state index in [1.54, 1.807) is 0 Å². The Morgan fingerprint density at radius 1 is 0.375 bits per heavy atom. The number of nitrogens with zero attached hydrogens (tertiary/aromatic N) is 3. The molecule has 56 heavy (non-hydrogen) atoms. The van der Waals surface area contributed by atoms with Crippen molar-refractivity contribution in [1.82, 2.24) is 15.0 Å². The fraction of sp³-hybridized carbons (Fsp3) is 0.0192. The van der Waals surface area contributed by atoms with Crippen LogP contribution in [0.5, 0.6) is 0 Å². The van der Waals surface area contributed by atoms with E-state index in [1.807, 2.05) is 30.3 Å². The number of rotatable bonds is 5. The second-order valence-electron chi connectivity index (χ2n) is 14.2. The molecule has 0 saturated heterocycles. The fourth-order valence-corrected chi connectivity index (χ4v) is 8.58. The summed E-state index contributed by atoms with van der Waals surface area (Å²) in [5.74, 6) is 1.90. The normalized spacial score (nSPS) is 13.1. The third-order valence-corrected chi connectivity index (χ3v) is 11.1. The van der Waals surface area contributed by atoms with E-state index in [0.29, 0.717) is 17.5 Å². The van der Waals surface area contributed by atoms with Gasteiger partial charge in [0.05, 0.1) is 0 Å². The summed E-state index contributed by atoms with van der Waals surface area (Å²) in [6.45, 7) is 0. The molecule has 1 spiro atoms. The molecule has 9 aromatic rings. The topological polar surface area (TPSA) is 38.7 Å². The molecular formula is C52H31N3U. The zero-order valence-corrected chi connectivity index (χ0v) is 34.4. The Morgan fingerprint density at radius 3 is 1.70 bits per heavy atom. The van der Waals surface area contributed by atoms with E-state index in [4.69, 9.17) is 15.0 Å². The maximum Gasteiger partial charge on any atom is 2.00 e. The molecule has 1 heterocycles. The first-order valence-corrected chi connectivity index (χ1v) is 18.6. The molecular weight excluding hydrogens is 905 g/mol. The van der Waals surface area contributed by atoms with E-state index in [2.05, 4.69) is 170 Å². The van der Waals surface area contributed by atoms with Gasteiger partial charge >= 0.3 is 31.1 Å². The maximum atomic E-state index is 5.20. The van der Waals surface area contributed by atoms with Crippen LogP contribution in [0.4, 0.5) is 0 Å². The van der Waals surface area contributed by atoms with Gasteiger partial charge in [-0.1, -0.05) is 157 Å². The number of hydrogen-bond acceptors (Lipinski definition) is 3. The smallest absolute Gasteiger partial charge is 0.264 e. The standard InChI is InChI=1S/C52H31N3.U/c1-3-16-35(17-4-1)45-33-52(46-25-13-11-22-41(46)42-23-12-14-26-47(42)52)48-32-38(29-30-43(45)48)40-21-9-10-24-44(40)51-54-49(36-18-5-2-6-19-36)53-50(55-51)39-28-27-34-15-7-8-20-37(34)31-39;/h1-16,18-32H;/q-2;+2. The second kappa shape index (κ2) is 13.8. The van der Waals surface area contributed by atoms with Crippen molar-refractivity contribution < 1.29 is 31.1 Å². The monoisotopic (exact) mass is 935 g/mol. The molecule has 0 bridgehead atoms. The van der Waals surface area contributed by atoms with E-state index >= 15 is 0 Å². The summed E-state index contributed by atoms with van der Waals surface area (Å²) >= 11 is 0. The molecule has 258 valence electrons. The molecule has 0 radical (unpaired) electrons. The van der Waals surface area contributed by atoms with Crippen molar-refractivity contribution >= 4 is 16.3 Å². The first kappa shape index (κ1) is 34.3. The molecule has 1 aromatic heterocycles. The van der Waals surface area contributed by atoms with Crippen molar-refractivity contribution in [3.05, 3.63) is 228 Å². The summed E-state index contributed by atoms with van der Waals surface area (Å²) in [4.78, 5) is 15.4. The zero-order valence-electron chi connectivity index (χ0n) is 30.2. The SMILES string of the molecule is [C-]1=C(c2[c-]cccc2)c2ccc(-c3ccccc3-c3nc(-c4ccccc4)nc(-c4ccc5ccccc5c4)n3)cc2C12c1ccccc1-c1ccccc12.[U+2]. The summed E-state index contributed by atoms with van der Waals surface area (Å²) in [6, 6.07) is 69.6. The Bertz CT molecular complexity index is 2940. The molecule has 2 aliphatic carbocycles. The van der Waals surface area contributed by atoms with Gasteiger partial charge in [-0.3, -0.25) is 11.1 Å². The van der Waals surface area contributed by atoms with Gasteiger partial charge < -0.3 is 0 Å². The van der Waals surface area contributed by atoms with Gasteiger partial charge in [-0.05, 0) is 55.6 Å². The molecule has 0 unspecified atom stereocenters. The third-order valence-electron chi connectivity index (χ3n) is 11.1. The molecule has 0 N–H and O–H groups in total. The van der Waals surface area contributed by atoms with Gasteiger partial charge in [0, 0.05) is 16.7 Å². The predicted octanol–water partition coefficient (Wildman–Crippen LogP) is 12.1. The van der Waals surface area contributed by atoms with Gasteiger partial charge in [0.1, 0.15) is 0 Å². The van der Waals surface area contributed by atoms with E-state index in [1.165, 1.54) is 38.8 Å². The molecule has 2 aliphatic rings. The first-order valence-electron chi connectivity index (χ1n) is 18.6. The third kappa shape index (κ3) is 5.44. The van der Waals surface area contributed by atoms with Crippen molar-refractivity contribution in [3.8, 4) is 56.4 Å². The van der Waals surface area contributed by atoms with Crippen LogP contribution in [-0.2, 0) is 5.41 Å². The molecule has 0 atom stereocenters. The minimum Gasteiger partial charge on any atom is -0.264 e. The summed E-state index contributed by atoms with van der Waals surface area (Å²) in [5, 5.41) is 2.32. The van der Waals surface area contributed by atoms with Gasteiger partial charge in [0.25, 0.3) is 0 Å². The molecule has 0 amide bonds. The number of benzene rings is 8. The fourth-order valence-electron chi connectivity index (χ4n) is 8.58. The summed E-state index contributed by atoms with van der Waals surface area (Å²) < 4.78 is 0. The molecule has 0 fully saturated rings. The Labute approximate surface area is 349 Å². The maximum absolute atomic E-state index is 5.20. The Hall–Kier alpha value is -6.18. The van der Waals surface area contributed by atoms with Crippen molar-refractivity contribution in [2.45, 2.75) is 5.41 Å². The van der Waals surface area contributed by atoms with Crippen molar-refractivity contribution in [2.24, 2.45) is 0 Å². The summed E-state index contributed by atoms with van der Waals surface area (Å²) in [5.41, 5.74) is 13.9. The molecule has 3 nitrogen and oxygen atoms in total. The minimum absolute atomic E-state index is 0. The molecule has 11 rings (SSSR count). The van der Waals surface area contributed by atoms with Crippen LogP contribution in [0.1, 0.15) is 27.8 Å². The number of fused-ring (bicyclic) bond motifs is 8. The molecule has 4 heteroatoms. The first-order chi connectivity index (χ1) is 27.2. The van der Waals surface area contributed by atoms with Crippen molar-refractivity contribution in [1.29, 1.82) is 0 Å². The van der Waals surface area contributed by atoms with Crippen molar-refractivity contribution in [2.75, 3.05) is 0 Å². The quantitative estimate of drug-likeness (QED) is 0.161. The van der Waals surface area contributed by atoms with Crippen LogP contribution in [0.15, 0.2) is 188 Å². The molecule has 0 aliphatic heterocycles. The largest absolute Gasteiger partial charge is 2.00 e. The minimum atomic E-state index is -0.580. The van der Waals surface area contributed by atoms with Crippen LogP contribution in [0.25, 0.3) is 72.8 Å². The van der Waals surface area contributed by atoms with Gasteiger partial charge in [0.2, 0.25) is 0 Å². The van der Waals surface area contributed by atoms with Gasteiger partial charge in [0.15, 0.2) is 17.5 Å². The van der Waals surface area contributed by atoms with Crippen LogP contribution in [0.3, 0.4) is 0 Å². The number of allylic oxidation sites excluding steroid dienone is 1. The zero-order chi connectivity index (χ0) is 36.3. The van der Waals surface area contributed by atoms with Crippen LogP contribution in [-0.4, -0.2) is 15.0 Å². The van der Waals surface area contributed by atoms with Crippen LogP contribution in [0, 0.1) is 43.3 Å². The summed E-state index contributed by atoms with van der Waals surface area (Å²) in [7, 11) is 0. The van der Waals surface area contributed by atoms with E-state index < -0.39 is 5.41 Å². The van der Waals surface area contributed by atoms with Gasteiger partial charge in [-0.15, -0.1) is 12.1 Å². The summed E-state index contributed by atoms with van der Waals surface area (Å²) in [6.07, 6.45) is 4.10. The van der Waals surface area contributed by atoms with Crippen LogP contribution in [0.2, 0.25) is 0 Å². The second-order valence-corrected chi connectivity index (χ2v) is 14.2. The molecule has 8 aromatic carbocycles. The van der Waals surface area contributed by atoms with E-state index in [0.717, 1.165) is 44.3 Å². The average Bonchev–Trinajstić information content (AvgIpc) is 3.76. The predicted molar refractivity (Wildman–Crippen MR) is 222 cm³/mol. The molecule has 0 saturated carbocycles. The van der Waals surface area contributed by atoms with Crippen LogP contribution < -0.4 is 0 Å². The Kier molecular flexibility index (Phi) is 8.48. The van der Waals surface area contributed by atoms with Gasteiger partial charge in [-0.2, -0.15) is 17.7 Å². The van der Waals surface area contributed by atoms with E-state index in [9.17, 15) is 0 Å². The van der Waals surface area contributed by atoms with Crippen molar-refractivity contribution in [3.63, 3.8) is 0 Å². The Morgan fingerprint density at radius 2 is 0.964 bits per heavy atom. The van der Waals surface area contributed by atoms with Crippen LogP contribution >= 0.6 is 0 Å². The Balaban J connectivity index is 0.00000384. The number of aromatic nitrogens is 3.